The topological polar surface area (TPSA) is 38.3 Å². The van der Waals surface area contributed by atoms with Gasteiger partial charge in [0, 0.05) is 27.4 Å². The molecule has 0 spiro atoms. The van der Waals surface area contributed by atoms with Crippen molar-refractivity contribution in [3.05, 3.63) is 58.6 Å². The van der Waals surface area contributed by atoms with Crippen molar-refractivity contribution in [1.82, 2.24) is 0 Å². The Labute approximate surface area is 121 Å². The molecule has 2 aromatic carbocycles. The smallest absolute Gasteiger partial charge is 0.256 e. The number of hydrogen-bond acceptors (Lipinski definition) is 2. The van der Waals surface area contributed by atoms with E-state index in [-0.39, 0.29) is 5.91 Å². The van der Waals surface area contributed by atoms with Crippen LogP contribution < -0.4 is 10.1 Å². The molecule has 0 saturated carbocycles. The third-order valence-electron chi connectivity index (χ3n) is 3.20. The zero-order valence-electron chi connectivity index (χ0n) is 10.8. The van der Waals surface area contributed by atoms with E-state index in [0.717, 1.165) is 22.6 Å². The van der Waals surface area contributed by atoms with E-state index in [1.165, 1.54) is 0 Å². The minimum atomic E-state index is -0.131. The summed E-state index contributed by atoms with van der Waals surface area (Å²) in [7, 11) is 1.61. The molecule has 0 bridgehead atoms. The van der Waals surface area contributed by atoms with Gasteiger partial charge in [-0.1, -0.05) is 29.8 Å². The van der Waals surface area contributed by atoms with Gasteiger partial charge in [0.15, 0.2) is 0 Å². The first kappa shape index (κ1) is 12.8. The molecule has 0 aliphatic carbocycles. The maximum atomic E-state index is 12.1. The summed E-state index contributed by atoms with van der Waals surface area (Å²) in [5, 5.41) is 3.43. The number of rotatable bonds is 2. The number of nitrogens with one attached hydrogen (secondary N) is 1. The molecule has 100 valence electrons. The number of hydrogen-bond donors (Lipinski definition) is 1. The second-order valence-electron chi connectivity index (χ2n) is 4.44. The lowest BCUT2D eigenvalue weighted by Gasteiger charge is -2.05. The molecule has 0 fully saturated rings. The highest BCUT2D eigenvalue weighted by molar-refractivity contribution is 6.36. The quantitative estimate of drug-likeness (QED) is 0.851. The summed E-state index contributed by atoms with van der Waals surface area (Å²) in [6, 6.07) is 12.9. The maximum Gasteiger partial charge on any atom is 0.256 e. The number of benzene rings is 2. The van der Waals surface area contributed by atoms with Crippen molar-refractivity contribution in [2.45, 2.75) is 0 Å². The molecule has 0 aromatic heterocycles. The molecule has 0 radical (unpaired) electrons. The van der Waals surface area contributed by atoms with Crippen LogP contribution in [0.5, 0.6) is 5.75 Å². The predicted molar refractivity (Wildman–Crippen MR) is 80.9 cm³/mol. The van der Waals surface area contributed by atoms with Crippen molar-refractivity contribution >= 4 is 34.8 Å². The van der Waals surface area contributed by atoms with E-state index in [1.54, 1.807) is 25.3 Å². The lowest BCUT2D eigenvalue weighted by Crippen LogP contribution is -2.03. The van der Waals surface area contributed by atoms with Crippen molar-refractivity contribution < 1.29 is 9.53 Å². The van der Waals surface area contributed by atoms with Gasteiger partial charge in [0.05, 0.1) is 7.11 Å². The molecule has 1 aliphatic rings. The van der Waals surface area contributed by atoms with Gasteiger partial charge in [-0.05, 0) is 30.3 Å². The summed E-state index contributed by atoms with van der Waals surface area (Å²) >= 11 is 6.01. The Morgan fingerprint density at radius 2 is 2.00 bits per heavy atom. The molecule has 0 saturated heterocycles. The molecule has 3 rings (SSSR count). The van der Waals surface area contributed by atoms with Crippen molar-refractivity contribution in [1.29, 1.82) is 0 Å². The molecule has 1 heterocycles. The molecular weight excluding hydrogens is 274 g/mol. The van der Waals surface area contributed by atoms with Gasteiger partial charge < -0.3 is 10.1 Å². The van der Waals surface area contributed by atoms with Crippen LogP contribution in [-0.2, 0) is 4.79 Å². The fourth-order valence-corrected chi connectivity index (χ4v) is 2.42. The van der Waals surface area contributed by atoms with Crippen LogP contribution in [0.1, 0.15) is 11.1 Å². The highest BCUT2D eigenvalue weighted by atomic mass is 35.5. The summed E-state index contributed by atoms with van der Waals surface area (Å²) in [5.41, 5.74) is 3.04. The standard InChI is InChI=1S/C16H12ClNO2/c1-20-15-5-3-2-4-10(15)8-13-12-9-11(17)6-7-14(12)18-16(13)19/h2-9H,1H3,(H,18,19). The van der Waals surface area contributed by atoms with E-state index in [0.29, 0.717) is 10.6 Å². The van der Waals surface area contributed by atoms with Gasteiger partial charge >= 0.3 is 0 Å². The van der Waals surface area contributed by atoms with Crippen LogP contribution >= 0.6 is 11.6 Å². The fourth-order valence-electron chi connectivity index (χ4n) is 2.24. The number of para-hydroxylation sites is 1. The number of methoxy groups -OCH3 is 1. The van der Waals surface area contributed by atoms with Crippen LogP contribution in [0.4, 0.5) is 5.69 Å². The molecular formula is C16H12ClNO2. The number of carbonyl (C=O) groups is 1. The van der Waals surface area contributed by atoms with Gasteiger partial charge in [0.1, 0.15) is 5.75 Å². The van der Waals surface area contributed by atoms with E-state index in [2.05, 4.69) is 5.32 Å². The first-order valence-corrected chi connectivity index (χ1v) is 6.53. The number of carbonyl (C=O) groups excluding carboxylic acids is 1. The highest BCUT2D eigenvalue weighted by Crippen LogP contribution is 2.36. The SMILES string of the molecule is COc1ccccc1C=C1C(=O)Nc2ccc(Cl)cc21. The third kappa shape index (κ3) is 2.17. The Bertz CT molecular complexity index is 722. The Morgan fingerprint density at radius 3 is 2.80 bits per heavy atom. The van der Waals surface area contributed by atoms with Crippen LogP contribution in [0, 0.1) is 0 Å². The molecule has 20 heavy (non-hydrogen) atoms. The van der Waals surface area contributed by atoms with Gasteiger partial charge in [0.25, 0.3) is 5.91 Å². The van der Waals surface area contributed by atoms with Crippen molar-refractivity contribution in [3.63, 3.8) is 0 Å². The van der Waals surface area contributed by atoms with Crippen molar-refractivity contribution in [3.8, 4) is 5.75 Å². The van der Waals surface area contributed by atoms with Gasteiger partial charge in [-0.2, -0.15) is 0 Å². The van der Waals surface area contributed by atoms with E-state index >= 15 is 0 Å². The number of fused-ring (bicyclic) bond motifs is 1. The predicted octanol–water partition coefficient (Wildman–Crippen LogP) is 3.84. The first-order valence-electron chi connectivity index (χ1n) is 6.15. The van der Waals surface area contributed by atoms with Gasteiger partial charge in [-0.3, -0.25) is 4.79 Å². The van der Waals surface area contributed by atoms with Crippen molar-refractivity contribution in [2.24, 2.45) is 0 Å². The monoisotopic (exact) mass is 285 g/mol. The summed E-state index contributed by atoms with van der Waals surface area (Å²) in [6.45, 7) is 0. The first-order chi connectivity index (χ1) is 9.69. The van der Waals surface area contributed by atoms with E-state index in [1.807, 2.05) is 30.3 Å². The van der Waals surface area contributed by atoms with E-state index in [4.69, 9.17) is 16.3 Å². The van der Waals surface area contributed by atoms with Gasteiger partial charge in [-0.25, -0.2) is 0 Å². The molecule has 0 unspecified atom stereocenters. The molecule has 2 aromatic rings. The van der Waals surface area contributed by atoms with Gasteiger partial charge in [-0.15, -0.1) is 0 Å². The van der Waals surface area contributed by atoms with Crippen LogP contribution in [0.2, 0.25) is 5.02 Å². The van der Waals surface area contributed by atoms with Gasteiger partial charge in [0.2, 0.25) is 0 Å². The molecule has 1 N–H and O–H groups in total. The minimum Gasteiger partial charge on any atom is -0.496 e. The van der Waals surface area contributed by atoms with Crippen LogP contribution in [-0.4, -0.2) is 13.0 Å². The lowest BCUT2D eigenvalue weighted by molar-refractivity contribution is -0.110. The third-order valence-corrected chi connectivity index (χ3v) is 3.44. The van der Waals surface area contributed by atoms with Crippen LogP contribution in [0.25, 0.3) is 11.6 Å². The molecule has 4 heteroatoms. The Kier molecular flexibility index (Phi) is 3.20. The van der Waals surface area contributed by atoms with Crippen LogP contribution in [0.3, 0.4) is 0 Å². The number of halogens is 1. The normalized spacial score (nSPS) is 15.1. The average Bonchev–Trinajstić information content (AvgIpc) is 2.76. The average molecular weight is 286 g/mol. The Balaban J connectivity index is 2.13. The van der Waals surface area contributed by atoms with E-state index < -0.39 is 0 Å². The Hall–Kier alpha value is -2.26. The second-order valence-corrected chi connectivity index (χ2v) is 4.88. The largest absolute Gasteiger partial charge is 0.496 e. The zero-order valence-corrected chi connectivity index (χ0v) is 11.6. The summed E-state index contributed by atoms with van der Waals surface area (Å²) in [4.78, 5) is 12.1. The number of amides is 1. The minimum absolute atomic E-state index is 0.131. The summed E-state index contributed by atoms with van der Waals surface area (Å²) in [5.74, 6) is 0.594. The van der Waals surface area contributed by atoms with E-state index in [9.17, 15) is 4.79 Å². The summed E-state index contributed by atoms with van der Waals surface area (Å²) < 4.78 is 5.30. The van der Waals surface area contributed by atoms with Crippen molar-refractivity contribution in [2.75, 3.05) is 12.4 Å². The molecule has 1 aliphatic heterocycles. The highest BCUT2D eigenvalue weighted by Gasteiger charge is 2.24. The second kappa shape index (κ2) is 5.02. The zero-order chi connectivity index (χ0) is 14.1. The molecule has 0 atom stereocenters. The molecule has 3 nitrogen and oxygen atoms in total. The number of ether oxygens (including phenoxy) is 1. The lowest BCUT2D eigenvalue weighted by atomic mass is 10.0. The number of anilines is 1. The fraction of sp³-hybridized carbons (Fsp3) is 0.0625. The maximum absolute atomic E-state index is 12.1. The molecule has 1 amide bonds. The van der Waals surface area contributed by atoms with Crippen LogP contribution in [0.15, 0.2) is 42.5 Å². The summed E-state index contributed by atoms with van der Waals surface area (Å²) in [6.07, 6.45) is 1.82. The Morgan fingerprint density at radius 1 is 1.20 bits per heavy atom.